The first-order chi connectivity index (χ1) is 8.78. The molecule has 106 valence electrons. The molecule has 1 aliphatic carbocycles. The molecule has 2 N–H and O–H groups in total. The van der Waals surface area contributed by atoms with Crippen LogP contribution in [0.25, 0.3) is 0 Å². The summed E-state index contributed by atoms with van der Waals surface area (Å²) in [6, 6.07) is 6.39. The lowest BCUT2D eigenvalue weighted by Gasteiger charge is -2.13. The summed E-state index contributed by atoms with van der Waals surface area (Å²) in [6.07, 6.45) is -0.786. The van der Waals surface area contributed by atoms with Gasteiger partial charge in [0.2, 0.25) is 0 Å². The van der Waals surface area contributed by atoms with Gasteiger partial charge in [0, 0.05) is 12.1 Å². The number of hydrogen-bond donors (Lipinski definition) is 2. The van der Waals surface area contributed by atoms with Gasteiger partial charge < -0.3 is 10.4 Å². The Balaban J connectivity index is 1.83. The number of aliphatic hydroxyl groups is 1. The van der Waals surface area contributed by atoms with Crippen LogP contribution < -0.4 is 5.32 Å². The second-order valence-electron chi connectivity index (χ2n) is 6.69. The van der Waals surface area contributed by atoms with Crippen LogP contribution >= 0.6 is 0 Å². The molecule has 1 atom stereocenters. The fourth-order valence-corrected chi connectivity index (χ4v) is 3.06. The van der Waals surface area contributed by atoms with Crippen LogP contribution in [0.1, 0.15) is 39.4 Å². The molecule has 0 aromatic heterocycles. The predicted octanol–water partition coefficient (Wildman–Crippen LogP) is 3.13. The molecule has 0 bridgehead atoms. The van der Waals surface area contributed by atoms with Crippen molar-refractivity contribution in [2.24, 2.45) is 16.7 Å². The molecule has 0 spiro atoms. The fourth-order valence-electron chi connectivity index (χ4n) is 3.06. The largest absolute Gasteiger partial charge is 0.387 e. The Morgan fingerprint density at radius 3 is 2.32 bits per heavy atom. The molecule has 0 aliphatic heterocycles. The van der Waals surface area contributed by atoms with Gasteiger partial charge in [-0.1, -0.05) is 45.9 Å². The highest BCUT2D eigenvalue weighted by Gasteiger charge is 2.63. The zero-order valence-corrected chi connectivity index (χ0v) is 12.2. The number of aliphatic hydroxyl groups excluding tert-OH is 1. The summed E-state index contributed by atoms with van der Waals surface area (Å²) in [4.78, 5) is 0. The van der Waals surface area contributed by atoms with E-state index in [0.29, 0.717) is 28.9 Å². The van der Waals surface area contributed by atoms with E-state index in [0.717, 1.165) is 6.54 Å². The van der Waals surface area contributed by atoms with E-state index in [4.69, 9.17) is 0 Å². The molecule has 1 aromatic rings. The molecule has 1 unspecified atom stereocenters. The van der Waals surface area contributed by atoms with Crippen molar-refractivity contribution < 1.29 is 9.50 Å². The zero-order chi connectivity index (χ0) is 14.3. The third kappa shape index (κ3) is 2.54. The molecular formula is C16H24FNO. The van der Waals surface area contributed by atoms with Crippen molar-refractivity contribution in [3.8, 4) is 0 Å². The summed E-state index contributed by atoms with van der Waals surface area (Å²) in [5, 5.41) is 13.3. The van der Waals surface area contributed by atoms with Gasteiger partial charge in [-0.15, -0.1) is 0 Å². The molecular weight excluding hydrogens is 241 g/mol. The van der Waals surface area contributed by atoms with Crippen molar-refractivity contribution in [1.29, 1.82) is 0 Å². The van der Waals surface area contributed by atoms with Crippen LogP contribution in [-0.2, 0) is 0 Å². The smallest absolute Gasteiger partial charge is 0.129 e. The van der Waals surface area contributed by atoms with Gasteiger partial charge in [-0.05, 0) is 29.4 Å². The SMILES string of the molecule is CC1(C)C(CNCC(O)c2ccccc2F)C1(C)C. The second kappa shape index (κ2) is 4.88. The first-order valence-corrected chi connectivity index (χ1v) is 6.91. The van der Waals surface area contributed by atoms with Crippen LogP contribution in [0.4, 0.5) is 4.39 Å². The van der Waals surface area contributed by atoms with Crippen LogP contribution in [-0.4, -0.2) is 18.2 Å². The molecule has 1 fully saturated rings. The highest BCUT2D eigenvalue weighted by atomic mass is 19.1. The van der Waals surface area contributed by atoms with Crippen molar-refractivity contribution in [2.45, 2.75) is 33.8 Å². The zero-order valence-electron chi connectivity index (χ0n) is 12.2. The summed E-state index contributed by atoms with van der Waals surface area (Å²) < 4.78 is 13.5. The molecule has 1 saturated carbocycles. The van der Waals surface area contributed by atoms with Crippen LogP contribution in [0, 0.1) is 22.6 Å². The lowest BCUT2D eigenvalue weighted by Crippen LogP contribution is -2.25. The lowest BCUT2D eigenvalue weighted by molar-refractivity contribution is 0.169. The number of halogens is 1. The number of rotatable bonds is 5. The van der Waals surface area contributed by atoms with Crippen LogP contribution in [0.15, 0.2) is 24.3 Å². The summed E-state index contributed by atoms with van der Waals surface area (Å²) in [6.45, 7) is 10.3. The maximum Gasteiger partial charge on any atom is 0.129 e. The normalized spacial score (nSPS) is 22.2. The maximum absolute atomic E-state index is 13.5. The van der Waals surface area contributed by atoms with E-state index in [1.54, 1.807) is 18.2 Å². The Morgan fingerprint density at radius 1 is 1.21 bits per heavy atom. The molecule has 1 aromatic carbocycles. The third-order valence-corrected chi connectivity index (χ3v) is 5.27. The second-order valence-corrected chi connectivity index (χ2v) is 6.69. The van der Waals surface area contributed by atoms with Crippen molar-refractivity contribution in [1.82, 2.24) is 5.32 Å². The average Bonchev–Trinajstić information content (AvgIpc) is 2.71. The maximum atomic E-state index is 13.5. The predicted molar refractivity (Wildman–Crippen MR) is 75.3 cm³/mol. The molecule has 0 heterocycles. The topological polar surface area (TPSA) is 32.3 Å². The van der Waals surface area contributed by atoms with E-state index in [1.165, 1.54) is 6.07 Å². The number of hydrogen-bond acceptors (Lipinski definition) is 2. The van der Waals surface area contributed by atoms with Crippen LogP contribution in [0.3, 0.4) is 0 Å². The quantitative estimate of drug-likeness (QED) is 0.857. The van der Waals surface area contributed by atoms with Gasteiger partial charge in [0.15, 0.2) is 0 Å². The van der Waals surface area contributed by atoms with E-state index < -0.39 is 6.10 Å². The van der Waals surface area contributed by atoms with Crippen molar-refractivity contribution >= 4 is 0 Å². The van der Waals surface area contributed by atoms with Gasteiger partial charge in [-0.25, -0.2) is 4.39 Å². The van der Waals surface area contributed by atoms with Gasteiger partial charge in [0.05, 0.1) is 6.10 Å². The van der Waals surface area contributed by atoms with Crippen molar-refractivity contribution in [2.75, 3.05) is 13.1 Å². The minimum absolute atomic E-state index is 0.336. The van der Waals surface area contributed by atoms with E-state index >= 15 is 0 Å². The van der Waals surface area contributed by atoms with Crippen LogP contribution in [0.2, 0.25) is 0 Å². The molecule has 0 amide bonds. The minimum atomic E-state index is -0.786. The first-order valence-electron chi connectivity index (χ1n) is 6.91. The van der Waals surface area contributed by atoms with Gasteiger partial charge in [0.1, 0.15) is 5.82 Å². The monoisotopic (exact) mass is 265 g/mol. The standard InChI is InChI=1S/C16H24FNO/c1-15(2)14(16(15,3)4)10-18-9-13(19)11-7-5-6-8-12(11)17/h5-8,13-14,18-19H,9-10H2,1-4H3. The van der Waals surface area contributed by atoms with Gasteiger partial charge in [-0.2, -0.15) is 0 Å². The highest BCUT2D eigenvalue weighted by Crippen LogP contribution is 2.67. The molecule has 0 saturated heterocycles. The van der Waals surface area contributed by atoms with Crippen LogP contribution in [0.5, 0.6) is 0 Å². The Bertz CT molecular complexity index is 442. The van der Waals surface area contributed by atoms with Gasteiger partial charge in [0.25, 0.3) is 0 Å². The van der Waals surface area contributed by atoms with E-state index in [9.17, 15) is 9.50 Å². The summed E-state index contributed by atoms with van der Waals surface area (Å²) in [5.41, 5.74) is 1.04. The summed E-state index contributed by atoms with van der Waals surface area (Å²) in [7, 11) is 0. The van der Waals surface area contributed by atoms with E-state index in [2.05, 4.69) is 33.0 Å². The van der Waals surface area contributed by atoms with Gasteiger partial charge in [-0.3, -0.25) is 0 Å². The lowest BCUT2D eigenvalue weighted by atomic mass is 10.0. The third-order valence-electron chi connectivity index (χ3n) is 5.27. The van der Waals surface area contributed by atoms with Gasteiger partial charge >= 0.3 is 0 Å². The molecule has 3 heteroatoms. The Hall–Kier alpha value is -0.930. The molecule has 2 nitrogen and oxygen atoms in total. The summed E-state index contributed by atoms with van der Waals surface area (Å²) in [5.74, 6) is 0.261. The van der Waals surface area contributed by atoms with Crippen molar-refractivity contribution in [3.05, 3.63) is 35.6 Å². The highest BCUT2D eigenvalue weighted by molar-refractivity contribution is 5.20. The number of benzene rings is 1. The summed E-state index contributed by atoms with van der Waals surface area (Å²) >= 11 is 0. The molecule has 19 heavy (non-hydrogen) atoms. The number of nitrogens with one attached hydrogen (secondary N) is 1. The molecule has 0 radical (unpaired) electrons. The Kier molecular flexibility index (Phi) is 3.72. The van der Waals surface area contributed by atoms with Crippen molar-refractivity contribution in [3.63, 3.8) is 0 Å². The Labute approximate surface area is 115 Å². The van der Waals surface area contributed by atoms with E-state index in [-0.39, 0.29) is 5.82 Å². The Morgan fingerprint density at radius 2 is 1.79 bits per heavy atom. The van der Waals surface area contributed by atoms with E-state index in [1.807, 2.05) is 0 Å². The minimum Gasteiger partial charge on any atom is -0.387 e. The average molecular weight is 265 g/mol. The fraction of sp³-hybridized carbons (Fsp3) is 0.625. The molecule has 1 aliphatic rings. The first kappa shape index (κ1) is 14.5. The molecule has 2 rings (SSSR count).